The number of rotatable bonds is 6. The Labute approximate surface area is 147 Å². The Balaban J connectivity index is 1.78. The van der Waals surface area contributed by atoms with E-state index in [-0.39, 0.29) is 11.4 Å². The molecule has 25 heavy (non-hydrogen) atoms. The van der Waals surface area contributed by atoms with Crippen LogP contribution in [0.4, 0.5) is 5.82 Å². The van der Waals surface area contributed by atoms with E-state index in [4.69, 9.17) is 0 Å². The fourth-order valence-corrected chi connectivity index (χ4v) is 3.33. The molecule has 0 amide bonds. The molecule has 0 saturated carbocycles. The lowest BCUT2D eigenvalue weighted by atomic mass is 10.2. The molecule has 1 aromatic carbocycles. The highest BCUT2D eigenvalue weighted by Crippen LogP contribution is 2.16. The van der Waals surface area contributed by atoms with Gasteiger partial charge < -0.3 is 4.90 Å². The zero-order chi connectivity index (χ0) is 17.9. The highest BCUT2D eigenvalue weighted by Gasteiger charge is 2.18. The molecule has 130 valence electrons. The van der Waals surface area contributed by atoms with Gasteiger partial charge in [0, 0.05) is 32.4 Å². The van der Waals surface area contributed by atoms with Gasteiger partial charge in [0.1, 0.15) is 10.7 Å². The van der Waals surface area contributed by atoms with Crippen molar-refractivity contribution in [2.45, 2.75) is 11.4 Å². The zero-order valence-electron chi connectivity index (χ0n) is 14.0. The molecule has 2 aromatic heterocycles. The molecule has 0 unspecified atom stereocenters. The van der Waals surface area contributed by atoms with Gasteiger partial charge in [-0.25, -0.2) is 22.8 Å². The van der Waals surface area contributed by atoms with Crippen LogP contribution >= 0.6 is 0 Å². The van der Waals surface area contributed by atoms with Crippen LogP contribution in [-0.2, 0) is 16.6 Å². The van der Waals surface area contributed by atoms with Crippen LogP contribution in [0.25, 0.3) is 5.69 Å². The quantitative estimate of drug-likeness (QED) is 0.728. The first-order valence-electron chi connectivity index (χ1n) is 7.68. The Morgan fingerprint density at radius 2 is 1.88 bits per heavy atom. The molecule has 0 saturated heterocycles. The Morgan fingerprint density at radius 1 is 1.12 bits per heavy atom. The van der Waals surface area contributed by atoms with E-state index in [1.54, 1.807) is 12.3 Å². The van der Waals surface area contributed by atoms with Crippen LogP contribution < -0.4 is 9.62 Å². The summed E-state index contributed by atoms with van der Waals surface area (Å²) in [5.41, 5.74) is 1.60. The SMILES string of the molecule is CN(C)c1ncccc1CNS(=O)(=O)c1cnn(-c2ccccc2)c1. The van der Waals surface area contributed by atoms with Crippen molar-refractivity contribution in [3.63, 3.8) is 0 Å². The van der Waals surface area contributed by atoms with Gasteiger partial charge in [-0.3, -0.25) is 0 Å². The summed E-state index contributed by atoms with van der Waals surface area (Å²) >= 11 is 0. The molecule has 3 rings (SSSR count). The van der Waals surface area contributed by atoms with E-state index in [1.165, 1.54) is 17.1 Å². The second kappa shape index (κ2) is 7.04. The average Bonchev–Trinajstić information content (AvgIpc) is 3.12. The van der Waals surface area contributed by atoms with E-state index in [9.17, 15) is 8.42 Å². The first-order valence-corrected chi connectivity index (χ1v) is 9.17. The molecular formula is C17H19N5O2S. The average molecular weight is 357 g/mol. The van der Waals surface area contributed by atoms with Gasteiger partial charge >= 0.3 is 0 Å². The molecule has 7 nitrogen and oxygen atoms in total. The molecule has 0 aliphatic carbocycles. The number of aromatic nitrogens is 3. The van der Waals surface area contributed by atoms with Crippen LogP contribution in [0.2, 0.25) is 0 Å². The minimum absolute atomic E-state index is 0.117. The van der Waals surface area contributed by atoms with Gasteiger partial charge in [-0.05, 0) is 18.2 Å². The van der Waals surface area contributed by atoms with Crippen molar-refractivity contribution in [2.75, 3.05) is 19.0 Å². The lowest BCUT2D eigenvalue weighted by Gasteiger charge is -2.15. The van der Waals surface area contributed by atoms with Crippen molar-refractivity contribution < 1.29 is 8.42 Å². The van der Waals surface area contributed by atoms with E-state index in [0.29, 0.717) is 0 Å². The lowest BCUT2D eigenvalue weighted by Crippen LogP contribution is -2.24. The molecule has 0 fully saturated rings. The number of hydrogen-bond acceptors (Lipinski definition) is 5. The van der Waals surface area contributed by atoms with Crippen LogP contribution in [0.15, 0.2) is 66.0 Å². The summed E-state index contributed by atoms with van der Waals surface area (Å²) in [4.78, 5) is 6.23. The van der Waals surface area contributed by atoms with Crippen molar-refractivity contribution in [3.05, 3.63) is 66.6 Å². The van der Waals surface area contributed by atoms with Crippen LogP contribution in [0.1, 0.15) is 5.56 Å². The minimum Gasteiger partial charge on any atom is -0.362 e. The monoisotopic (exact) mass is 357 g/mol. The Bertz CT molecular complexity index is 952. The summed E-state index contributed by atoms with van der Waals surface area (Å²) in [5.74, 6) is 0.727. The summed E-state index contributed by atoms with van der Waals surface area (Å²) in [6.45, 7) is 0.153. The van der Waals surface area contributed by atoms with Crippen molar-refractivity contribution in [1.82, 2.24) is 19.5 Å². The second-order valence-electron chi connectivity index (χ2n) is 5.66. The van der Waals surface area contributed by atoms with Crippen molar-refractivity contribution in [3.8, 4) is 5.69 Å². The van der Waals surface area contributed by atoms with E-state index in [2.05, 4.69) is 14.8 Å². The van der Waals surface area contributed by atoms with Crippen LogP contribution in [0.3, 0.4) is 0 Å². The maximum Gasteiger partial charge on any atom is 0.244 e. The number of hydrogen-bond donors (Lipinski definition) is 1. The van der Waals surface area contributed by atoms with Crippen molar-refractivity contribution in [2.24, 2.45) is 0 Å². The van der Waals surface area contributed by atoms with E-state index in [0.717, 1.165) is 17.1 Å². The number of pyridine rings is 1. The molecule has 0 spiro atoms. The Morgan fingerprint density at radius 3 is 2.60 bits per heavy atom. The summed E-state index contributed by atoms with van der Waals surface area (Å²) in [5, 5.41) is 4.13. The predicted octanol–water partition coefficient (Wildman–Crippen LogP) is 1.81. The number of para-hydroxylation sites is 1. The molecule has 0 aliphatic rings. The van der Waals surface area contributed by atoms with Crippen LogP contribution in [0, 0.1) is 0 Å². The molecule has 0 radical (unpaired) electrons. The van der Waals surface area contributed by atoms with Gasteiger partial charge in [0.15, 0.2) is 0 Å². The maximum atomic E-state index is 12.5. The number of nitrogens with zero attached hydrogens (tertiary/aromatic N) is 4. The largest absolute Gasteiger partial charge is 0.362 e. The van der Waals surface area contributed by atoms with Gasteiger partial charge in [0.05, 0.1) is 18.1 Å². The summed E-state index contributed by atoms with van der Waals surface area (Å²) in [6, 6.07) is 13.0. The van der Waals surface area contributed by atoms with Gasteiger partial charge in [-0.15, -0.1) is 0 Å². The van der Waals surface area contributed by atoms with Gasteiger partial charge in [-0.2, -0.15) is 5.10 Å². The summed E-state index contributed by atoms with van der Waals surface area (Å²) in [7, 11) is 0.0629. The number of nitrogens with one attached hydrogen (secondary N) is 1. The van der Waals surface area contributed by atoms with E-state index >= 15 is 0 Å². The fraction of sp³-hybridized carbons (Fsp3) is 0.176. The standard InChI is InChI=1S/C17H19N5O2S/c1-21(2)17-14(7-6-10-18-17)11-20-25(23,24)16-12-19-22(13-16)15-8-4-3-5-9-15/h3-10,12-13,20H,11H2,1-2H3. The maximum absolute atomic E-state index is 12.5. The molecule has 0 atom stereocenters. The fourth-order valence-electron chi connectivity index (χ4n) is 2.39. The zero-order valence-corrected chi connectivity index (χ0v) is 14.8. The Kier molecular flexibility index (Phi) is 4.82. The smallest absolute Gasteiger partial charge is 0.244 e. The summed E-state index contributed by atoms with van der Waals surface area (Å²) in [6.07, 6.45) is 4.51. The normalized spacial score (nSPS) is 11.4. The van der Waals surface area contributed by atoms with Gasteiger partial charge in [0.2, 0.25) is 10.0 Å². The third-order valence-electron chi connectivity index (χ3n) is 3.63. The molecule has 2 heterocycles. The molecular weight excluding hydrogens is 338 g/mol. The highest BCUT2D eigenvalue weighted by molar-refractivity contribution is 7.89. The summed E-state index contributed by atoms with van der Waals surface area (Å²) < 4.78 is 29.2. The number of sulfonamides is 1. The number of benzene rings is 1. The number of anilines is 1. The highest BCUT2D eigenvalue weighted by atomic mass is 32.2. The van der Waals surface area contributed by atoms with Crippen LogP contribution in [-0.4, -0.2) is 37.3 Å². The second-order valence-corrected chi connectivity index (χ2v) is 7.43. The minimum atomic E-state index is -3.67. The van der Waals surface area contributed by atoms with Gasteiger partial charge in [0.25, 0.3) is 0 Å². The Hall–Kier alpha value is -2.71. The van der Waals surface area contributed by atoms with Crippen LogP contribution in [0.5, 0.6) is 0 Å². The third-order valence-corrected chi connectivity index (χ3v) is 4.99. The van der Waals surface area contributed by atoms with Crippen molar-refractivity contribution >= 4 is 15.8 Å². The molecule has 0 bridgehead atoms. The lowest BCUT2D eigenvalue weighted by molar-refractivity contribution is 0.581. The molecule has 3 aromatic rings. The molecule has 0 aliphatic heterocycles. The van der Waals surface area contributed by atoms with E-state index < -0.39 is 10.0 Å². The molecule has 1 N–H and O–H groups in total. The first kappa shape index (κ1) is 17.1. The first-order chi connectivity index (χ1) is 12.0. The van der Waals surface area contributed by atoms with Crippen molar-refractivity contribution in [1.29, 1.82) is 0 Å². The van der Waals surface area contributed by atoms with Gasteiger partial charge in [-0.1, -0.05) is 24.3 Å². The predicted molar refractivity (Wildman–Crippen MR) is 96.2 cm³/mol. The topological polar surface area (TPSA) is 80.1 Å². The van der Waals surface area contributed by atoms with E-state index in [1.807, 2.05) is 55.4 Å². The molecule has 8 heteroatoms. The third kappa shape index (κ3) is 3.86.